The number of hydrogen-bond donors (Lipinski definition) is 1. The molecule has 0 bridgehead atoms. The zero-order valence-corrected chi connectivity index (χ0v) is 12.2. The molecule has 2 rings (SSSR count). The maximum absolute atomic E-state index is 12.8. The Kier molecular flexibility index (Phi) is 4.24. The largest absolute Gasteiger partial charge is 0.338 e. The molecule has 3 heteroatoms. The molecule has 100 valence electrons. The summed E-state index contributed by atoms with van der Waals surface area (Å²) in [5.74, 6) is 0. The fraction of sp³-hybridized carbons (Fsp3) is 0.250. The average Bonchev–Trinajstić information content (AvgIpc) is 2.47. The highest BCUT2D eigenvalue weighted by Gasteiger charge is 2.27. The molecule has 0 spiro atoms. The summed E-state index contributed by atoms with van der Waals surface area (Å²) in [5, 5.41) is 1.08. The first-order valence-electron chi connectivity index (χ1n) is 6.61. The maximum atomic E-state index is 12.8. The van der Waals surface area contributed by atoms with E-state index in [1.165, 1.54) is 0 Å². The van der Waals surface area contributed by atoms with Crippen LogP contribution in [0.5, 0.6) is 0 Å². The highest BCUT2D eigenvalue weighted by Crippen LogP contribution is 2.39. The van der Waals surface area contributed by atoms with Crippen molar-refractivity contribution in [3.63, 3.8) is 0 Å². The van der Waals surface area contributed by atoms with E-state index in [0.29, 0.717) is 10.6 Å². The lowest BCUT2D eigenvalue weighted by atomic mass is 10.0. The summed E-state index contributed by atoms with van der Waals surface area (Å²) < 4.78 is 12.8. The number of hydrogen-bond acceptors (Lipinski definition) is 1. The quantitative estimate of drug-likeness (QED) is 0.870. The average molecular weight is 274 g/mol. The van der Waals surface area contributed by atoms with Gasteiger partial charge >= 0.3 is 0 Å². The molecule has 2 nitrogen and oxygen atoms in total. The van der Waals surface area contributed by atoms with Crippen molar-refractivity contribution in [2.24, 2.45) is 0 Å². The van der Waals surface area contributed by atoms with E-state index in [0.717, 1.165) is 24.0 Å². The number of aryl methyl sites for hydroxylation is 1. The van der Waals surface area contributed by atoms with E-state index in [1.54, 1.807) is 30.3 Å². The van der Waals surface area contributed by atoms with Gasteiger partial charge in [0.25, 0.3) is 7.37 Å². The first kappa shape index (κ1) is 14.0. The van der Waals surface area contributed by atoms with Crippen molar-refractivity contribution in [3.8, 4) is 0 Å². The summed E-state index contributed by atoms with van der Waals surface area (Å²) in [6, 6.07) is 14.6. The normalized spacial score (nSPS) is 14.1. The number of rotatable bonds is 4. The molecular formula is C16H19O2P. The topological polar surface area (TPSA) is 37.3 Å². The molecule has 19 heavy (non-hydrogen) atoms. The van der Waals surface area contributed by atoms with Crippen LogP contribution in [-0.4, -0.2) is 4.89 Å². The lowest BCUT2D eigenvalue weighted by Gasteiger charge is -2.18. The van der Waals surface area contributed by atoms with Crippen LogP contribution >= 0.6 is 7.37 Å². The second kappa shape index (κ2) is 5.73. The van der Waals surface area contributed by atoms with Gasteiger partial charge in [0, 0.05) is 10.6 Å². The lowest BCUT2D eigenvalue weighted by molar-refractivity contribution is 0.500. The molecule has 1 atom stereocenters. The molecule has 1 unspecified atom stereocenters. The van der Waals surface area contributed by atoms with Crippen LogP contribution in [-0.2, 0) is 17.4 Å². The van der Waals surface area contributed by atoms with Crippen LogP contribution in [0.4, 0.5) is 0 Å². The van der Waals surface area contributed by atoms with Gasteiger partial charge in [-0.3, -0.25) is 4.57 Å². The third kappa shape index (κ3) is 2.65. The van der Waals surface area contributed by atoms with Crippen molar-refractivity contribution in [1.82, 2.24) is 0 Å². The summed E-state index contributed by atoms with van der Waals surface area (Å²) in [6.45, 7) is 4.10. The van der Waals surface area contributed by atoms with Gasteiger partial charge in [0.05, 0.1) is 0 Å². The van der Waals surface area contributed by atoms with E-state index >= 15 is 0 Å². The van der Waals surface area contributed by atoms with Crippen LogP contribution in [0.2, 0.25) is 0 Å². The molecule has 0 aliphatic heterocycles. The molecule has 2 aromatic rings. The molecule has 1 N–H and O–H groups in total. The van der Waals surface area contributed by atoms with Gasteiger partial charge in [0.2, 0.25) is 0 Å². The van der Waals surface area contributed by atoms with Gasteiger partial charge in [0.15, 0.2) is 0 Å². The molecular weight excluding hydrogens is 255 g/mol. The first-order valence-corrected chi connectivity index (χ1v) is 8.27. The third-order valence-corrected chi connectivity index (χ3v) is 5.49. The van der Waals surface area contributed by atoms with Crippen LogP contribution in [0.3, 0.4) is 0 Å². The van der Waals surface area contributed by atoms with Gasteiger partial charge in [-0.05, 0) is 42.2 Å². The molecule has 0 fully saturated rings. The molecule has 0 aromatic heterocycles. The van der Waals surface area contributed by atoms with Crippen LogP contribution in [0.25, 0.3) is 0 Å². The fourth-order valence-corrected chi connectivity index (χ4v) is 4.22. The predicted octanol–water partition coefficient (Wildman–Crippen LogP) is 3.03. The van der Waals surface area contributed by atoms with Crippen molar-refractivity contribution in [2.45, 2.75) is 26.7 Å². The smallest absolute Gasteiger partial charge is 0.259 e. The van der Waals surface area contributed by atoms with Gasteiger partial charge in [-0.15, -0.1) is 0 Å². The third-order valence-electron chi connectivity index (χ3n) is 3.42. The van der Waals surface area contributed by atoms with Crippen molar-refractivity contribution in [2.75, 3.05) is 0 Å². The summed E-state index contributed by atoms with van der Waals surface area (Å²) >= 11 is 0. The van der Waals surface area contributed by atoms with Crippen molar-refractivity contribution >= 4 is 18.0 Å². The van der Waals surface area contributed by atoms with Crippen molar-refractivity contribution < 1.29 is 9.46 Å². The standard InChI is InChI=1S/C16H19O2P/c1-3-13-9-8-12-16(15(13)4-2)19(17,18)14-10-6-5-7-11-14/h5-12H,3-4H2,1-2H3,(H,17,18). The molecule has 0 aliphatic rings. The summed E-state index contributed by atoms with van der Waals surface area (Å²) in [6.07, 6.45) is 1.66. The summed E-state index contributed by atoms with van der Waals surface area (Å²) in [7, 11) is -3.49. The van der Waals surface area contributed by atoms with Crippen LogP contribution in [0.1, 0.15) is 25.0 Å². The Morgan fingerprint density at radius 3 is 2.21 bits per heavy atom. The predicted molar refractivity (Wildman–Crippen MR) is 80.7 cm³/mol. The van der Waals surface area contributed by atoms with Crippen LogP contribution < -0.4 is 10.6 Å². The molecule has 2 aromatic carbocycles. The van der Waals surface area contributed by atoms with Gasteiger partial charge in [-0.2, -0.15) is 0 Å². The van der Waals surface area contributed by atoms with Gasteiger partial charge in [-0.1, -0.05) is 44.2 Å². The minimum Gasteiger partial charge on any atom is -0.338 e. The lowest BCUT2D eigenvalue weighted by Crippen LogP contribution is -2.20. The van der Waals surface area contributed by atoms with E-state index in [9.17, 15) is 9.46 Å². The molecule has 0 heterocycles. The Morgan fingerprint density at radius 1 is 0.947 bits per heavy atom. The van der Waals surface area contributed by atoms with Gasteiger partial charge < -0.3 is 4.89 Å². The summed E-state index contributed by atoms with van der Waals surface area (Å²) in [5.41, 5.74) is 2.17. The Bertz CT molecular complexity index is 605. The highest BCUT2D eigenvalue weighted by atomic mass is 31.2. The van der Waals surface area contributed by atoms with E-state index in [2.05, 4.69) is 6.92 Å². The first-order chi connectivity index (χ1) is 9.11. The Hall–Kier alpha value is -1.37. The second-order valence-electron chi connectivity index (χ2n) is 4.53. The SMILES string of the molecule is CCc1cccc(P(=O)(O)c2ccccc2)c1CC. The van der Waals surface area contributed by atoms with Gasteiger partial charge in [-0.25, -0.2) is 0 Å². The second-order valence-corrected chi connectivity index (χ2v) is 6.68. The fourth-order valence-electron chi connectivity index (χ4n) is 2.41. The van der Waals surface area contributed by atoms with E-state index in [1.807, 2.05) is 25.1 Å². The molecule has 0 saturated heterocycles. The Labute approximate surface area is 114 Å². The number of benzene rings is 2. The maximum Gasteiger partial charge on any atom is 0.259 e. The van der Waals surface area contributed by atoms with Gasteiger partial charge in [0.1, 0.15) is 0 Å². The minimum atomic E-state index is -3.49. The van der Waals surface area contributed by atoms with Crippen LogP contribution in [0, 0.1) is 0 Å². The Balaban J connectivity index is 2.61. The molecule has 0 amide bonds. The Morgan fingerprint density at radius 2 is 1.63 bits per heavy atom. The zero-order chi connectivity index (χ0) is 13.9. The van der Waals surface area contributed by atoms with Crippen LogP contribution in [0.15, 0.2) is 48.5 Å². The molecule has 0 aliphatic carbocycles. The zero-order valence-electron chi connectivity index (χ0n) is 11.3. The van der Waals surface area contributed by atoms with E-state index in [-0.39, 0.29) is 0 Å². The minimum absolute atomic E-state index is 0.498. The molecule has 0 radical (unpaired) electrons. The molecule has 0 saturated carbocycles. The monoisotopic (exact) mass is 274 g/mol. The van der Waals surface area contributed by atoms with Crippen molar-refractivity contribution in [1.29, 1.82) is 0 Å². The van der Waals surface area contributed by atoms with E-state index < -0.39 is 7.37 Å². The van der Waals surface area contributed by atoms with Crippen molar-refractivity contribution in [3.05, 3.63) is 59.7 Å². The van der Waals surface area contributed by atoms with E-state index in [4.69, 9.17) is 0 Å². The summed E-state index contributed by atoms with van der Waals surface area (Å²) in [4.78, 5) is 10.5. The highest BCUT2D eigenvalue weighted by molar-refractivity contribution is 7.73.